The van der Waals surface area contributed by atoms with Gasteiger partial charge in [-0.25, -0.2) is 0 Å². The summed E-state index contributed by atoms with van der Waals surface area (Å²) in [4.78, 5) is 4.76. The second-order valence-corrected chi connectivity index (χ2v) is 21.2. The van der Waals surface area contributed by atoms with Gasteiger partial charge in [-0.05, 0) is 197 Å². The highest BCUT2D eigenvalue weighted by atomic mass is 16.7. The monoisotopic (exact) mass is 900 g/mol. The van der Waals surface area contributed by atoms with Crippen molar-refractivity contribution >= 4 is 81.1 Å². The lowest BCUT2D eigenvalue weighted by atomic mass is 9.79. The predicted octanol–water partition coefficient (Wildman–Crippen LogP) is 13.9. The van der Waals surface area contributed by atoms with Crippen LogP contribution in [0.1, 0.15) is 83.2 Å². The third kappa shape index (κ3) is 7.93. The van der Waals surface area contributed by atoms with E-state index in [-0.39, 0.29) is 0 Å². The normalized spacial score (nSPS) is 17.1. The van der Waals surface area contributed by atoms with Gasteiger partial charge in [0, 0.05) is 50.6 Å². The number of anilines is 6. The van der Waals surface area contributed by atoms with Crippen LogP contribution in [-0.2, 0) is 18.6 Å². The first-order valence-corrected chi connectivity index (χ1v) is 24.0. The number of hydrogen-bond acceptors (Lipinski definition) is 6. The van der Waals surface area contributed by atoms with Gasteiger partial charge in [-0.3, -0.25) is 0 Å². The molecule has 7 nitrogen and oxygen atoms in total. The predicted molar refractivity (Wildman–Crippen MR) is 285 cm³/mol. The summed E-state index contributed by atoms with van der Waals surface area (Å²) in [6, 6.07) is 53.4. The van der Waals surface area contributed by atoms with Crippen molar-refractivity contribution in [3.05, 3.63) is 173 Å². The summed E-state index contributed by atoms with van der Waals surface area (Å²) in [5.41, 5.74) is 16.2. The molecule has 0 atom stereocenters. The molecule has 0 radical (unpaired) electrons. The molecule has 9 heteroatoms. The maximum absolute atomic E-state index is 6.47. The van der Waals surface area contributed by atoms with E-state index in [4.69, 9.17) is 18.6 Å². The second-order valence-electron chi connectivity index (χ2n) is 21.2. The summed E-state index contributed by atoms with van der Waals surface area (Å²) >= 11 is 0. The van der Waals surface area contributed by atoms with E-state index in [2.05, 4.69) is 250 Å². The van der Waals surface area contributed by atoms with Crippen LogP contribution in [0.5, 0.6) is 0 Å². The summed E-state index contributed by atoms with van der Waals surface area (Å²) < 4.78 is 28.3. The van der Waals surface area contributed by atoms with Crippen LogP contribution in [-0.4, -0.2) is 41.2 Å². The van der Waals surface area contributed by atoms with Crippen LogP contribution in [0.25, 0.3) is 27.5 Å². The third-order valence-corrected chi connectivity index (χ3v) is 15.1. The van der Waals surface area contributed by atoms with Crippen LogP contribution in [0.4, 0.5) is 34.1 Å². The van der Waals surface area contributed by atoms with Crippen molar-refractivity contribution in [1.29, 1.82) is 0 Å². The van der Waals surface area contributed by atoms with Crippen LogP contribution in [0.15, 0.2) is 146 Å². The molecule has 0 amide bonds. The minimum atomic E-state index is -0.446. The van der Waals surface area contributed by atoms with Gasteiger partial charge in [-0.15, -0.1) is 0 Å². The largest absolute Gasteiger partial charge is 0.494 e. The standard InChI is InChI=1S/C59H63B2N3O4/c1-38-14-22-47(23-15-38)64-54-32-28-48(62(52-30-16-39(2)34-41(52)4)45-24-18-43(19-25-45)60-65-56(6,7)57(8,9)66-60)36-50(54)51-37-49(29-33-55(51)64)63(53-31-17-40(3)35-42(53)5)46-26-20-44(21-27-46)61-67-58(10,11)59(12,13)68-61/h14-37H,1-13H3. The van der Waals surface area contributed by atoms with Gasteiger partial charge in [0.15, 0.2) is 0 Å². The highest BCUT2D eigenvalue weighted by Gasteiger charge is 2.52. The average Bonchev–Trinajstić information content (AvgIpc) is 3.82. The molecule has 2 aliphatic heterocycles. The van der Waals surface area contributed by atoms with Gasteiger partial charge in [0.1, 0.15) is 0 Å². The molecule has 68 heavy (non-hydrogen) atoms. The Morgan fingerprint density at radius 1 is 0.368 bits per heavy atom. The summed E-state index contributed by atoms with van der Waals surface area (Å²) in [5, 5.41) is 2.31. The first-order chi connectivity index (χ1) is 32.2. The highest BCUT2D eigenvalue weighted by Crippen LogP contribution is 2.45. The Morgan fingerprint density at radius 2 is 0.706 bits per heavy atom. The maximum Gasteiger partial charge on any atom is 0.494 e. The number of hydrogen-bond donors (Lipinski definition) is 0. The SMILES string of the molecule is Cc1ccc(-n2c3ccc(N(c4ccc(B5OC(C)(C)C(C)(C)O5)cc4)c4ccc(C)cc4C)cc3c3cc(N(c4ccc(B5OC(C)(C)C(C)(C)O5)cc4)c4ccc(C)cc4C)ccc32)cc1. The van der Waals surface area contributed by atoms with E-state index in [0.717, 1.165) is 72.5 Å². The Hall–Kier alpha value is -6.09. The molecule has 3 heterocycles. The van der Waals surface area contributed by atoms with Crippen molar-refractivity contribution in [2.45, 2.75) is 112 Å². The van der Waals surface area contributed by atoms with Gasteiger partial charge >= 0.3 is 14.2 Å². The summed E-state index contributed by atoms with van der Waals surface area (Å²) in [5.74, 6) is 0. The zero-order valence-electron chi connectivity index (χ0n) is 42.0. The third-order valence-electron chi connectivity index (χ3n) is 15.1. The van der Waals surface area contributed by atoms with Crippen LogP contribution in [0.2, 0.25) is 0 Å². The van der Waals surface area contributed by atoms with Gasteiger partial charge < -0.3 is 33.0 Å². The number of rotatable bonds is 9. The van der Waals surface area contributed by atoms with Crippen molar-refractivity contribution in [3.8, 4) is 5.69 Å². The first-order valence-electron chi connectivity index (χ1n) is 24.0. The molecule has 7 aromatic carbocycles. The summed E-state index contributed by atoms with van der Waals surface area (Å²) in [6.45, 7) is 27.6. The lowest BCUT2D eigenvalue weighted by molar-refractivity contribution is 0.00578. The smallest absolute Gasteiger partial charge is 0.399 e. The van der Waals surface area contributed by atoms with E-state index in [1.807, 2.05) is 0 Å². The maximum atomic E-state index is 6.47. The van der Waals surface area contributed by atoms with Gasteiger partial charge in [-0.2, -0.15) is 0 Å². The molecule has 344 valence electrons. The zero-order valence-corrected chi connectivity index (χ0v) is 42.0. The van der Waals surface area contributed by atoms with Crippen LogP contribution >= 0.6 is 0 Å². The molecule has 0 unspecified atom stereocenters. The lowest BCUT2D eigenvalue weighted by Crippen LogP contribution is -2.41. The molecular weight excluding hydrogens is 836 g/mol. The second kappa shape index (κ2) is 16.6. The van der Waals surface area contributed by atoms with Crippen molar-refractivity contribution in [2.75, 3.05) is 9.80 Å². The molecule has 0 N–H and O–H groups in total. The van der Waals surface area contributed by atoms with E-state index in [1.165, 1.54) is 27.8 Å². The van der Waals surface area contributed by atoms with E-state index in [9.17, 15) is 0 Å². The molecular formula is C59H63B2N3O4. The fourth-order valence-corrected chi connectivity index (χ4v) is 9.74. The fraction of sp³-hybridized carbons (Fsp3) is 0.288. The first kappa shape index (κ1) is 45.7. The van der Waals surface area contributed by atoms with Crippen molar-refractivity contribution in [2.24, 2.45) is 0 Å². The number of fused-ring (bicyclic) bond motifs is 3. The zero-order chi connectivity index (χ0) is 48.1. The molecule has 0 saturated carbocycles. The number of aryl methyl sites for hydroxylation is 5. The van der Waals surface area contributed by atoms with Gasteiger partial charge in [-0.1, -0.05) is 77.4 Å². The van der Waals surface area contributed by atoms with Crippen LogP contribution < -0.4 is 20.7 Å². The Balaban J connectivity index is 1.14. The molecule has 2 fully saturated rings. The van der Waals surface area contributed by atoms with Gasteiger partial charge in [0.2, 0.25) is 0 Å². The number of aromatic nitrogens is 1. The Morgan fingerprint density at radius 3 is 1.06 bits per heavy atom. The van der Waals surface area contributed by atoms with Crippen molar-refractivity contribution in [1.82, 2.24) is 4.57 Å². The molecule has 0 spiro atoms. The lowest BCUT2D eigenvalue weighted by Gasteiger charge is -2.32. The Bertz CT molecular complexity index is 2990. The number of nitrogens with zero attached hydrogens (tertiary/aromatic N) is 3. The summed E-state index contributed by atoms with van der Waals surface area (Å²) in [7, 11) is -0.892. The van der Waals surface area contributed by atoms with Crippen LogP contribution in [0, 0.1) is 34.6 Å². The minimum Gasteiger partial charge on any atom is -0.399 e. The molecule has 8 aromatic rings. The summed E-state index contributed by atoms with van der Waals surface area (Å²) in [6.07, 6.45) is 0. The molecule has 0 aliphatic carbocycles. The van der Waals surface area contributed by atoms with Crippen molar-refractivity contribution in [3.63, 3.8) is 0 Å². The average molecular weight is 900 g/mol. The quantitative estimate of drug-likeness (QED) is 0.135. The molecule has 0 bridgehead atoms. The van der Waals surface area contributed by atoms with E-state index < -0.39 is 36.6 Å². The molecule has 1 aromatic heterocycles. The topological polar surface area (TPSA) is 48.3 Å². The van der Waals surface area contributed by atoms with E-state index >= 15 is 0 Å². The molecule has 2 aliphatic rings. The molecule has 2 saturated heterocycles. The van der Waals surface area contributed by atoms with Gasteiger partial charge in [0.05, 0.1) is 33.4 Å². The molecule has 10 rings (SSSR count). The Labute approximate surface area is 403 Å². The van der Waals surface area contributed by atoms with Gasteiger partial charge in [0.25, 0.3) is 0 Å². The fourth-order valence-electron chi connectivity index (χ4n) is 9.74. The van der Waals surface area contributed by atoms with E-state index in [0.29, 0.717) is 0 Å². The minimum absolute atomic E-state index is 0.426. The number of benzene rings is 7. The van der Waals surface area contributed by atoms with Crippen LogP contribution in [0.3, 0.4) is 0 Å². The Kier molecular flexibility index (Phi) is 11.1. The van der Waals surface area contributed by atoms with E-state index in [1.54, 1.807) is 0 Å². The van der Waals surface area contributed by atoms with Crippen molar-refractivity contribution < 1.29 is 18.6 Å². The highest BCUT2D eigenvalue weighted by molar-refractivity contribution is 6.62.